The van der Waals surface area contributed by atoms with E-state index in [4.69, 9.17) is 0 Å². The van der Waals surface area contributed by atoms with Crippen molar-refractivity contribution in [3.63, 3.8) is 0 Å². The first-order valence-electron chi connectivity index (χ1n) is 4.60. The van der Waals surface area contributed by atoms with E-state index in [0.717, 1.165) is 12.4 Å². The van der Waals surface area contributed by atoms with Crippen molar-refractivity contribution in [2.75, 3.05) is 11.9 Å². The van der Waals surface area contributed by atoms with Crippen LogP contribution in [0, 0.1) is 0 Å². The predicted molar refractivity (Wildman–Crippen MR) is 49.5 cm³/mol. The molecule has 66 valence electrons. The van der Waals surface area contributed by atoms with Crippen molar-refractivity contribution in [1.82, 2.24) is 10.2 Å². The third-order valence-electron chi connectivity index (χ3n) is 2.37. The van der Waals surface area contributed by atoms with Crippen molar-refractivity contribution >= 4 is 5.82 Å². The maximum absolute atomic E-state index is 4.24. The highest BCUT2D eigenvalue weighted by molar-refractivity contribution is 5.49. The van der Waals surface area contributed by atoms with Gasteiger partial charge in [0.05, 0.1) is 0 Å². The van der Waals surface area contributed by atoms with E-state index in [9.17, 15) is 0 Å². The number of rotatable bonds is 1. The average molecular weight is 165 g/mol. The molecule has 0 amide bonds. The molecule has 0 atom stereocenters. The van der Waals surface area contributed by atoms with Gasteiger partial charge < -0.3 is 5.32 Å². The molecular formula is C9H15N3. The van der Waals surface area contributed by atoms with Crippen molar-refractivity contribution in [3.8, 4) is 0 Å². The molecule has 0 saturated carbocycles. The summed E-state index contributed by atoms with van der Waals surface area (Å²) in [5.41, 5.74) is 2.70. The monoisotopic (exact) mass is 165 g/mol. The maximum atomic E-state index is 4.24. The summed E-state index contributed by atoms with van der Waals surface area (Å²) >= 11 is 0. The normalized spacial score (nSPS) is 15.9. The van der Waals surface area contributed by atoms with Crippen molar-refractivity contribution in [2.45, 2.75) is 32.6 Å². The summed E-state index contributed by atoms with van der Waals surface area (Å²) in [6, 6.07) is 0. The molecule has 2 heterocycles. The van der Waals surface area contributed by atoms with Crippen LogP contribution in [0.1, 0.15) is 37.4 Å². The Balaban J connectivity index is 2.38. The Hall–Kier alpha value is -0.990. The SMILES string of the molecule is CC(C)c1[nH]nc2c1CCCN2. The Morgan fingerprint density at radius 3 is 3.00 bits per heavy atom. The molecule has 0 saturated heterocycles. The molecule has 0 spiro atoms. The molecule has 2 N–H and O–H groups in total. The van der Waals surface area contributed by atoms with Crippen molar-refractivity contribution < 1.29 is 0 Å². The van der Waals surface area contributed by atoms with Gasteiger partial charge in [-0.25, -0.2) is 0 Å². The highest BCUT2D eigenvalue weighted by Gasteiger charge is 2.17. The fraction of sp³-hybridized carbons (Fsp3) is 0.667. The van der Waals surface area contributed by atoms with E-state index in [0.29, 0.717) is 5.92 Å². The number of hydrogen-bond donors (Lipinski definition) is 2. The van der Waals surface area contributed by atoms with Gasteiger partial charge in [-0.15, -0.1) is 0 Å². The molecular weight excluding hydrogens is 150 g/mol. The molecule has 0 fully saturated rings. The van der Waals surface area contributed by atoms with E-state index in [1.54, 1.807) is 0 Å². The van der Waals surface area contributed by atoms with Gasteiger partial charge in [0.2, 0.25) is 0 Å². The van der Waals surface area contributed by atoms with Gasteiger partial charge in [-0.3, -0.25) is 5.10 Å². The molecule has 1 aromatic heterocycles. The lowest BCUT2D eigenvalue weighted by molar-refractivity contribution is 0.773. The molecule has 1 aliphatic heterocycles. The third kappa shape index (κ3) is 1.09. The second-order valence-electron chi connectivity index (χ2n) is 3.65. The third-order valence-corrected chi connectivity index (χ3v) is 2.37. The fourth-order valence-electron chi connectivity index (χ4n) is 1.73. The number of fused-ring (bicyclic) bond motifs is 1. The molecule has 3 heteroatoms. The Morgan fingerprint density at radius 1 is 1.42 bits per heavy atom. The summed E-state index contributed by atoms with van der Waals surface area (Å²) < 4.78 is 0. The lowest BCUT2D eigenvalue weighted by Gasteiger charge is -2.14. The van der Waals surface area contributed by atoms with Crippen molar-refractivity contribution in [2.24, 2.45) is 0 Å². The quantitative estimate of drug-likeness (QED) is 0.667. The molecule has 1 aromatic rings. The van der Waals surface area contributed by atoms with Crippen molar-refractivity contribution in [1.29, 1.82) is 0 Å². The highest BCUT2D eigenvalue weighted by Crippen LogP contribution is 2.26. The van der Waals surface area contributed by atoms with Gasteiger partial charge in [-0.1, -0.05) is 13.8 Å². The van der Waals surface area contributed by atoms with Crippen LogP contribution >= 0.6 is 0 Å². The van der Waals surface area contributed by atoms with Crippen LogP contribution in [0.15, 0.2) is 0 Å². The first-order valence-corrected chi connectivity index (χ1v) is 4.60. The number of nitrogens with zero attached hydrogens (tertiary/aromatic N) is 1. The summed E-state index contributed by atoms with van der Waals surface area (Å²) in [5, 5.41) is 10.6. The Kier molecular flexibility index (Phi) is 1.79. The van der Waals surface area contributed by atoms with Gasteiger partial charge in [0, 0.05) is 17.8 Å². The van der Waals surface area contributed by atoms with Gasteiger partial charge in [0.1, 0.15) is 0 Å². The van der Waals surface area contributed by atoms with Gasteiger partial charge in [0.15, 0.2) is 5.82 Å². The topological polar surface area (TPSA) is 40.7 Å². The number of anilines is 1. The summed E-state index contributed by atoms with van der Waals surface area (Å²) in [6.45, 7) is 5.46. The van der Waals surface area contributed by atoms with Gasteiger partial charge in [0.25, 0.3) is 0 Å². The van der Waals surface area contributed by atoms with Crippen LogP contribution in [0.3, 0.4) is 0 Å². The summed E-state index contributed by atoms with van der Waals surface area (Å²) in [5.74, 6) is 1.63. The molecule has 0 aliphatic carbocycles. The van der Waals surface area contributed by atoms with Crippen LogP contribution in [0.25, 0.3) is 0 Å². The second-order valence-corrected chi connectivity index (χ2v) is 3.65. The van der Waals surface area contributed by atoms with E-state index in [2.05, 4.69) is 29.4 Å². The van der Waals surface area contributed by atoms with Crippen LogP contribution in [0.4, 0.5) is 5.82 Å². The van der Waals surface area contributed by atoms with Crippen LogP contribution < -0.4 is 5.32 Å². The van der Waals surface area contributed by atoms with Gasteiger partial charge in [-0.05, 0) is 18.8 Å². The first-order chi connectivity index (χ1) is 5.79. The number of nitrogens with one attached hydrogen (secondary N) is 2. The standard InChI is InChI=1S/C9H15N3/c1-6(2)8-7-4-3-5-10-9(7)12-11-8/h6H,3-5H2,1-2H3,(H2,10,11,12). The zero-order chi connectivity index (χ0) is 8.55. The lowest BCUT2D eigenvalue weighted by atomic mass is 10.00. The minimum atomic E-state index is 0.557. The molecule has 12 heavy (non-hydrogen) atoms. The fourth-order valence-corrected chi connectivity index (χ4v) is 1.73. The number of aromatic nitrogens is 2. The predicted octanol–water partition coefficient (Wildman–Crippen LogP) is 1.89. The molecule has 0 bridgehead atoms. The number of H-pyrrole nitrogens is 1. The zero-order valence-corrected chi connectivity index (χ0v) is 7.65. The zero-order valence-electron chi connectivity index (χ0n) is 7.65. The minimum absolute atomic E-state index is 0.557. The minimum Gasteiger partial charge on any atom is -0.368 e. The number of aromatic amines is 1. The van der Waals surface area contributed by atoms with Crippen LogP contribution in [-0.2, 0) is 6.42 Å². The van der Waals surface area contributed by atoms with E-state index < -0.39 is 0 Å². The van der Waals surface area contributed by atoms with Crippen LogP contribution in [0.5, 0.6) is 0 Å². The van der Waals surface area contributed by atoms with E-state index in [1.165, 1.54) is 24.1 Å². The van der Waals surface area contributed by atoms with Gasteiger partial charge in [-0.2, -0.15) is 5.10 Å². The Morgan fingerprint density at radius 2 is 2.25 bits per heavy atom. The van der Waals surface area contributed by atoms with Gasteiger partial charge >= 0.3 is 0 Å². The first kappa shape index (κ1) is 7.65. The van der Waals surface area contributed by atoms with Crippen molar-refractivity contribution in [3.05, 3.63) is 11.3 Å². The highest BCUT2D eigenvalue weighted by atomic mass is 15.2. The molecule has 0 radical (unpaired) electrons. The van der Waals surface area contributed by atoms with E-state index in [1.807, 2.05) is 0 Å². The maximum Gasteiger partial charge on any atom is 0.151 e. The molecule has 0 unspecified atom stereocenters. The molecule has 0 aromatic carbocycles. The molecule has 3 nitrogen and oxygen atoms in total. The largest absolute Gasteiger partial charge is 0.368 e. The van der Waals surface area contributed by atoms with E-state index in [-0.39, 0.29) is 0 Å². The summed E-state index contributed by atoms with van der Waals surface area (Å²) in [6.07, 6.45) is 2.40. The summed E-state index contributed by atoms with van der Waals surface area (Å²) in [4.78, 5) is 0. The lowest BCUT2D eigenvalue weighted by Crippen LogP contribution is -2.11. The van der Waals surface area contributed by atoms with E-state index >= 15 is 0 Å². The molecule has 2 rings (SSSR count). The smallest absolute Gasteiger partial charge is 0.151 e. The van der Waals surface area contributed by atoms with Crippen LogP contribution in [0.2, 0.25) is 0 Å². The second kappa shape index (κ2) is 2.81. The van der Waals surface area contributed by atoms with Crippen LogP contribution in [-0.4, -0.2) is 16.7 Å². The summed E-state index contributed by atoms with van der Waals surface area (Å²) in [7, 11) is 0. The Bertz CT molecular complexity index is 275. The molecule has 1 aliphatic rings. The number of hydrogen-bond acceptors (Lipinski definition) is 2. The average Bonchev–Trinajstić information content (AvgIpc) is 2.47. The Labute approximate surface area is 72.6 Å².